The smallest absolute Gasteiger partial charge is 0.433 e. The number of benzene rings is 2. The van der Waals surface area contributed by atoms with E-state index in [0.29, 0.717) is 0 Å². The van der Waals surface area contributed by atoms with Crippen LogP contribution in [0.3, 0.4) is 0 Å². The first kappa shape index (κ1) is 24.5. The number of amides is 2. The number of hydrogen-bond donors (Lipinski definition) is 1. The molecule has 2 aromatic rings. The number of carbonyl (C=O) groups is 3. The van der Waals surface area contributed by atoms with Crippen molar-refractivity contribution in [2.45, 2.75) is 37.3 Å². The van der Waals surface area contributed by atoms with Crippen LogP contribution in [-0.2, 0) is 23.8 Å². The molecule has 186 valence electrons. The van der Waals surface area contributed by atoms with Crippen molar-refractivity contribution in [2.24, 2.45) is 0 Å². The highest BCUT2D eigenvalue weighted by Gasteiger charge is 2.56. The van der Waals surface area contributed by atoms with E-state index in [4.69, 9.17) is 4.74 Å². The molecule has 2 aromatic carbocycles. The van der Waals surface area contributed by atoms with Gasteiger partial charge in [0.1, 0.15) is 12.6 Å². The molecule has 0 unspecified atom stereocenters. The molecule has 1 aliphatic carbocycles. The minimum absolute atomic E-state index is 0.0381. The second kappa shape index (κ2) is 9.57. The Balaban J connectivity index is 1.43. The zero-order valence-electron chi connectivity index (χ0n) is 18.9. The van der Waals surface area contributed by atoms with Crippen molar-refractivity contribution in [3.63, 3.8) is 0 Å². The molecule has 4 rings (SSSR count). The first-order valence-electron chi connectivity index (χ1n) is 10.8. The van der Waals surface area contributed by atoms with Gasteiger partial charge in [0.15, 0.2) is 6.04 Å². The Morgan fingerprint density at radius 1 is 1.09 bits per heavy atom. The summed E-state index contributed by atoms with van der Waals surface area (Å²) in [5.74, 6) is -2.45. The Labute approximate surface area is 198 Å². The number of methoxy groups -OCH3 is 1. The molecule has 0 aromatic heterocycles. The number of fused-ring (bicyclic) bond motifs is 3. The number of hydrogen-bond acceptors (Lipinski definition) is 6. The van der Waals surface area contributed by atoms with E-state index in [9.17, 15) is 27.6 Å². The molecule has 1 N–H and O–H groups in total. The van der Waals surface area contributed by atoms with Crippen LogP contribution in [0.4, 0.5) is 18.0 Å². The Bertz CT molecular complexity index is 1090. The van der Waals surface area contributed by atoms with E-state index in [1.807, 2.05) is 48.5 Å². The molecule has 0 saturated carbocycles. The molecular weight excluding hydrogens is 469 g/mol. The monoisotopic (exact) mass is 492 g/mol. The average molecular weight is 492 g/mol. The standard InChI is InChI=1S/C24H23F3N2O6/c1-13(20(30)29-19(21(31)33-2)12-34-22(29)24(25,26)27)28-23(32)35-11-18-16-9-5-3-7-14(16)15-8-4-6-10-17(15)18/h3-10,13,18-19,22H,11-12H2,1-2H3,(H,28,32)/t13-,19+,22-/m1/s1. The van der Waals surface area contributed by atoms with E-state index in [-0.39, 0.29) is 17.4 Å². The predicted molar refractivity (Wildman–Crippen MR) is 116 cm³/mol. The number of alkyl halides is 3. The molecule has 1 heterocycles. The van der Waals surface area contributed by atoms with Crippen molar-refractivity contribution < 1.29 is 41.8 Å². The maximum Gasteiger partial charge on any atom is 0.433 e. The third-order valence-corrected chi connectivity index (χ3v) is 6.06. The molecule has 35 heavy (non-hydrogen) atoms. The number of halogens is 3. The van der Waals surface area contributed by atoms with Crippen LogP contribution in [0.15, 0.2) is 48.5 Å². The van der Waals surface area contributed by atoms with Gasteiger partial charge in [-0.1, -0.05) is 48.5 Å². The summed E-state index contributed by atoms with van der Waals surface area (Å²) in [4.78, 5) is 37.5. The molecule has 3 atom stereocenters. The summed E-state index contributed by atoms with van der Waals surface area (Å²) in [5.41, 5.74) is 4.02. The molecule has 0 radical (unpaired) electrons. The van der Waals surface area contributed by atoms with Crippen LogP contribution in [0.1, 0.15) is 24.0 Å². The lowest BCUT2D eigenvalue weighted by Gasteiger charge is -2.30. The molecule has 0 spiro atoms. The van der Waals surface area contributed by atoms with Crippen molar-refractivity contribution in [2.75, 3.05) is 20.3 Å². The average Bonchev–Trinajstić information content (AvgIpc) is 3.42. The van der Waals surface area contributed by atoms with Gasteiger partial charge in [-0.05, 0) is 29.2 Å². The van der Waals surface area contributed by atoms with Crippen molar-refractivity contribution in [1.29, 1.82) is 0 Å². The molecule has 2 amide bonds. The van der Waals surface area contributed by atoms with Gasteiger partial charge in [0.25, 0.3) is 0 Å². The van der Waals surface area contributed by atoms with E-state index in [2.05, 4.69) is 14.8 Å². The van der Waals surface area contributed by atoms with Crippen LogP contribution in [-0.4, -0.2) is 67.7 Å². The topological polar surface area (TPSA) is 94.2 Å². The van der Waals surface area contributed by atoms with E-state index < -0.39 is 49.1 Å². The van der Waals surface area contributed by atoms with Gasteiger partial charge in [-0.2, -0.15) is 13.2 Å². The first-order chi connectivity index (χ1) is 16.6. The summed E-state index contributed by atoms with van der Waals surface area (Å²) in [7, 11) is 0.990. The molecule has 2 aliphatic rings. The van der Waals surface area contributed by atoms with E-state index in [1.54, 1.807) is 0 Å². The highest BCUT2D eigenvalue weighted by atomic mass is 19.4. The summed E-state index contributed by atoms with van der Waals surface area (Å²) in [6, 6.07) is 12.4. The maximum absolute atomic E-state index is 13.4. The van der Waals surface area contributed by atoms with Crippen LogP contribution in [0.5, 0.6) is 0 Å². The van der Waals surface area contributed by atoms with Crippen molar-refractivity contribution in [3.8, 4) is 11.1 Å². The maximum atomic E-state index is 13.4. The van der Waals surface area contributed by atoms with Crippen LogP contribution in [0, 0.1) is 0 Å². The largest absolute Gasteiger partial charge is 0.467 e. The zero-order chi connectivity index (χ0) is 25.3. The number of carbonyl (C=O) groups excluding carboxylic acids is 3. The highest BCUT2D eigenvalue weighted by Crippen LogP contribution is 2.44. The third-order valence-electron chi connectivity index (χ3n) is 6.06. The summed E-state index contributed by atoms with van der Waals surface area (Å²) < 4.78 is 54.7. The fourth-order valence-electron chi connectivity index (χ4n) is 4.45. The van der Waals surface area contributed by atoms with E-state index >= 15 is 0 Å². The van der Waals surface area contributed by atoms with Gasteiger partial charge in [-0.25, -0.2) is 9.59 Å². The highest BCUT2D eigenvalue weighted by molar-refractivity contribution is 5.90. The Hall–Kier alpha value is -3.60. The quantitative estimate of drug-likeness (QED) is 0.645. The lowest BCUT2D eigenvalue weighted by Crippen LogP contribution is -2.57. The zero-order valence-corrected chi connectivity index (χ0v) is 18.9. The first-order valence-corrected chi connectivity index (χ1v) is 10.8. The van der Waals surface area contributed by atoms with Crippen molar-refractivity contribution in [1.82, 2.24) is 10.2 Å². The Morgan fingerprint density at radius 2 is 1.66 bits per heavy atom. The van der Waals surface area contributed by atoms with Gasteiger partial charge in [-0.3, -0.25) is 9.69 Å². The van der Waals surface area contributed by atoms with E-state index in [1.165, 1.54) is 6.92 Å². The Morgan fingerprint density at radius 3 is 2.20 bits per heavy atom. The summed E-state index contributed by atoms with van der Waals surface area (Å²) in [6.07, 6.45) is -8.56. The van der Waals surface area contributed by atoms with Gasteiger partial charge in [0.2, 0.25) is 12.1 Å². The van der Waals surface area contributed by atoms with Gasteiger partial charge in [0, 0.05) is 5.92 Å². The molecule has 0 bridgehead atoms. The molecule has 11 heteroatoms. The number of nitrogens with one attached hydrogen (secondary N) is 1. The Kier molecular flexibility index (Phi) is 6.70. The molecule has 1 aliphatic heterocycles. The molecule has 1 saturated heterocycles. The van der Waals surface area contributed by atoms with Crippen LogP contribution in [0.2, 0.25) is 0 Å². The predicted octanol–water partition coefficient (Wildman–Crippen LogP) is 3.20. The molecule has 8 nitrogen and oxygen atoms in total. The number of esters is 1. The second-order valence-corrected chi connectivity index (χ2v) is 8.20. The second-order valence-electron chi connectivity index (χ2n) is 8.20. The summed E-state index contributed by atoms with van der Waals surface area (Å²) in [5, 5.41) is 2.25. The van der Waals surface area contributed by atoms with Gasteiger partial charge >= 0.3 is 18.2 Å². The van der Waals surface area contributed by atoms with E-state index in [0.717, 1.165) is 29.4 Å². The number of alkyl carbamates (subject to hydrolysis) is 1. The van der Waals surface area contributed by atoms with Gasteiger partial charge in [0.05, 0.1) is 13.7 Å². The number of ether oxygens (including phenoxy) is 3. The van der Waals surface area contributed by atoms with Crippen molar-refractivity contribution >= 4 is 18.0 Å². The van der Waals surface area contributed by atoms with Crippen LogP contribution >= 0.6 is 0 Å². The lowest BCUT2D eigenvalue weighted by atomic mass is 9.98. The van der Waals surface area contributed by atoms with Crippen LogP contribution in [0.25, 0.3) is 11.1 Å². The number of rotatable bonds is 5. The minimum atomic E-state index is -4.94. The third kappa shape index (κ3) is 4.68. The molecule has 1 fully saturated rings. The van der Waals surface area contributed by atoms with Gasteiger partial charge in [-0.15, -0.1) is 0 Å². The van der Waals surface area contributed by atoms with Gasteiger partial charge < -0.3 is 19.5 Å². The van der Waals surface area contributed by atoms with Crippen LogP contribution < -0.4 is 5.32 Å². The van der Waals surface area contributed by atoms with Crippen molar-refractivity contribution in [3.05, 3.63) is 59.7 Å². The summed E-state index contributed by atoms with van der Waals surface area (Å²) in [6.45, 7) is 0.480. The SMILES string of the molecule is COC(=O)[C@@H]1CO[C@H](C(F)(F)F)N1C(=O)[C@@H](C)NC(=O)OCC1c2ccccc2-c2ccccc21. The fraction of sp³-hybridized carbons (Fsp3) is 0.375. The molecular formula is C24H23F3N2O6. The summed E-state index contributed by atoms with van der Waals surface area (Å²) >= 11 is 0. The lowest BCUT2D eigenvalue weighted by molar-refractivity contribution is -0.240. The normalized spacial score (nSPS) is 20.1. The number of nitrogens with zero attached hydrogens (tertiary/aromatic N) is 1. The minimum Gasteiger partial charge on any atom is -0.467 e. The fourth-order valence-corrected chi connectivity index (χ4v) is 4.45.